The van der Waals surface area contributed by atoms with E-state index in [2.05, 4.69) is 18.7 Å². The lowest BCUT2D eigenvalue weighted by Crippen LogP contribution is -2.37. The lowest BCUT2D eigenvalue weighted by Gasteiger charge is -2.28. The minimum Gasteiger partial charge on any atom is -0.299 e. The van der Waals surface area contributed by atoms with Crippen molar-refractivity contribution in [2.45, 2.75) is 39.7 Å². The number of hydrogen-bond acceptors (Lipinski definition) is 3. The maximum Gasteiger partial charge on any atom is 0.151 e. The number of rotatable bonds is 3. The molecule has 90 valence electrons. The van der Waals surface area contributed by atoms with Gasteiger partial charge in [0.1, 0.15) is 0 Å². The summed E-state index contributed by atoms with van der Waals surface area (Å²) in [4.78, 5) is 2.33. The van der Waals surface area contributed by atoms with Crippen molar-refractivity contribution in [3.8, 4) is 0 Å². The molecule has 15 heavy (non-hydrogen) atoms. The van der Waals surface area contributed by atoms with Crippen molar-refractivity contribution in [3.63, 3.8) is 0 Å². The van der Waals surface area contributed by atoms with Crippen molar-refractivity contribution in [3.05, 3.63) is 0 Å². The topological polar surface area (TPSA) is 37.4 Å². The van der Waals surface area contributed by atoms with Gasteiger partial charge in [0.2, 0.25) is 0 Å². The van der Waals surface area contributed by atoms with Crippen LogP contribution in [-0.2, 0) is 9.84 Å². The molecule has 0 bridgehead atoms. The minimum atomic E-state index is -2.79. The third-order valence-electron chi connectivity index (χ3n) is 3.10. The highest BCUT2D eigenvalue weighted by Gasteiger charge is 2.26. The molecule has 0 saturated carbocycles. The Bertz CT molecular complexity index is 287. The molecule has 0 radical (unpaired) electrons. The predicted molar refractivity (Wildman–Crippen MR) is 63.8 cm³/mol. The number of nitrogens with zero attached hydrogens (tertiary/aromatic N) is 1. The van der Waals surface area contributed by atoms with Crippen LogP contribution >= 0.6 is 0 Å². The Morgan fingerprint density at radius 1 is 1.47 bits per heavy atom. The van der Waals surface area contributed by atoms with E-state index in [-0.39, 0.29) is 5.92 Å². The van der Waals surface area contributed by atoms with E-state index in [9.17, 15) is 8.42 Å². The van der Waals surface area contributed by atoms with E-state index in [1.54, 1.807) is 0 Å². The number of hydrogen-bond donors (Lipinski definition) is 0. The van der Waals surface area contributed by atoms with Crippen LogP contribution < -0.4 is 0 Å². The second-order valence-electron chi connectivity index (χ2n) is 4.85. The normalized spacial score (nSPS) is 29.7. The molecule has 1 fully saturated rings. The van der Waals surface area contributed by atoms with E-state index in [0.29, 0.717) is 24.1 Å². The summed E-state index contributed by atoms with van der Waals surface area (Å²) in [5, 5.41) is 0. The summed E-state index contributed by atoms with van der Waals surface area (Å²) in [5.41, 5.74) is 0. The van der Waals surface area contributed by atoms with Gasteiger partial charge in [-0.2, -0.15) is 0 Å². The Hall–Kier alpha value is -0.0900. The molecule has 0 amide bonds. The van der Waals surface area contributed by atoms with Gasteiger partial charge in [-0.15, -0.1) is 0 Å². The van der Waals surface area contributed by atoms with Gasteiger partial charge in [-0.05, 0) is 19.3 Å². The Labute approximate surface area is 93.8 Å². The van der Waals surface area contributed by atoms with E-state index in [1.165, 1.54) is 6.42 Å². The molecule has 4 heteroatoms. The summed E-state index contributed by atoms with van der Waals surface area (Å²) in [5.74, 6) is 0.977. The fraction of sp³-hybridized carbons (Fsp3) is 1.00. The van der Waals surface area contributed by atoms with E-state index in [0.717, 1.165) is 13.0 Å². The molecule has 0 unspecified atom stereocenters. The summed E-state index contributed by atoms with van der Waals surface area (Å²) in [7, 11) is -2.79. The lowest BCUT2D eigenvalue weighted by atomic mass is 10.1. The molecule has 1 aliphatic heterocycles. The zero-order chi connectivity index (χ0) is 11.5. The monoisotopic (exact) mass is 233 g/mol. The van der Waals surface area contributed by atoms with E-state index in [4.69, 9.17) is 0 Å². The summed E-state index contributed by atoms with van der Waals surface area (Å²) >= 11 is 0. The second kappa shape index (κ2) is 5.30. The van der Waals surface area contributed by atoms with Gasteiger partial charge in [-0.3, -0.25) is 4.90 Å². The summed E-state index contributed by atoms with van der Waals surface area (Å²) in [6, 6.07) is 0.519. The molecule has 0 aromatic rings. The predicted octanol–water partition coefficient (Wildman–Crippen LogP) is 1.54. The molecule has 3 nitrogen and oxygen atoms in total. The Balaban J connectivity index is 2.62. The van der Waals surface area contributed by atoms with Gasteiger partial charge in [0.25, 0.3) is 0 Å². The summed E-state index contributed by atoms with van der Waals surface area (Å²) in [6.07, 6.45) is 2.32. The second-order valence-corrected chi connectivity index (χ2v) is 7.08. The van der Waals surface area contributed by atoms with Gasteiger partial charge in [-0.25, -0.2) is 8.42 Å². The zero-order valence-electron chi connectivity index (χ0n) is 10.1. The van der Waals surface area contributed by atoms with Crippen LogP contribution in [0.5, 0.6) is 0 Å². The molecule has 1 rings (SSSR count). The van der Waals surface area contributed by atoms with Gasteiger partial charge in [0.15, 0.2) is 9.84 Å². The summed E-state index contributed by atoms with van der Waals surface area (Å²) in [6.45, 7) is 8.06. The quantitative estimate of drug-likeness (QED) is 0.742. The largest absolute Gasteiger partial charge is 0.299 e. The fourth-order valence-corrected chi connectivity index (χ4v) is 3.97. The highest BCUT2D eigenvalue weighted by molar-refractivity contribution is 7.91. The smallest absolute Gasteiger partial charge is 0.151 e. The van der Waals surface area contributed by atoms with Crippen molar-refractivity contribution >= 4 is 9.84 Å². The average Bonchev–Trinajstić information content (AvgIpc) is 2.23. The van der Waals surface area contributed by atoms with Crippen LogP contribution in [0.1, 0.15) is 33.6 Å². The van der Waals surface area contributed by atoms with Crippen molar-refractivity contribution in [2.75, 3.05) is 24.6 Å². The molecule has 2 atom stereocenters. The van der Waals surface area contributed by atoms with E-state index >= 15 is 0 Å². The maximum absolute atomic E-state index is 11.6. The van der Waals surface area contributed by atoms with Crippen LogP contribution in [0.25, 0.3) is 0 Å². The van der Waals surface area contributed by atoms with Crippen molar-refractivity contribution in [1.82, 2.24) is 4.90 Å². The first-order chi connectivity index (χ1) is 6.94. The molecule has 0 aromatic heterocycles. The minimum absolute atomic E-state index is 0.275. The summed E-state index contributed by atoms with van der Waals surface area (Å²) < 4.78 is 23.2. The Kier molecular flexibility index (Phi) is 4.59. The Morgan fingerprint density at radius 3 is 2.73 bits per heavy atom. The lowest BCUT2D eigenvalue weighted by molar-refractivity contribution is 0.193. The van der Waals surface area contributed by atoms with Gasteiger partial charge in [0.05, 0.1) is 11.5 Å². The molecule has 1 aliphatic rings. The van der Waals surface area contributed by atoms with Gasteiger partial charge >= 0.3 is 0 Å². The first-order valence-corrected chi connectivity index (χ1v) is 7.71. The van der Waals surface area contributed by atoms with Crippen LogP contribution in [0.2, 0.25) is 0 Å². The maximum atomic E-state index is 11.6. The Morgan fingerprint density at radius 2 is 2.13 bits per heavy atom. The van der Waals surface area contributed by atoms with Gasteiger partial charge < -0.3 is 0 Å². The van der Waals surface area contributed by atoms with Crippen LogP contribution in [0.4, 0.5) is 0 Å². The molecule has 1 heterocycles. The first kappa shape index (κ1) is 13.0. The van der Waals surface area contributed by atoms with Crippen molar-refractivity contribution in [1.29, 1.82) is 0 Å². The molecule has 0 spiro atoms. The van der Waals surface area contributed by atoms with E-state index < -0.39 is 9.84 Å². The highest BCUT2D eigenvalue weighted by Crippen LogP contribution is 2.15. The third-order valence-corrected chi connectivity index (χ3v) is 4.99. The average molecular weight is 233 g/mol. The fourth-order valence-electron chi connectivity index (χ4n) is 2.32. The molecular formula is C11H23NO2S. The van der Waals surface area contributed by atoms with Crippen molar-refractivity contribution < 1.29 is 8.42 Å². The molecule has 0 N–H and O–H groups in total. The van der Waals surface area contributed by atoms with Crippen LogP contribution in [0.3, 0.4) is 0 Å². The van der Waals surface area contributed by atoms with Gasteiger partial charge in [-0.1, -0.05) is 20.3 Å². The molecular weight excluding hydrogens is 210 g/mol. The van der Waals surface area contributed by atoms with Gasteiger partial charge in [0, 0.05) is 19.1 Å². The van der Waals surface area contributed by atoms with Crippen LogP contribution in [-0.4, -0.2) is 44.0 Å². The SMILES string of the molecule is CCC[C@H](C)N1CCS(=O)(=O)C[C@H](C)C1. The van der Waals surface area contributed by atoms with Crippen LogP contribution in [0, 0.1) is 5.92 Å². The highest BCUT2D eigenvalue weighted by atomic mass is 32.2. The number of sulfone groups is 1. The molecule has 1 saturated heterocycles. The molecule has 0 aromatic carbocycles. The standard InChI is InChI=1S/C11H23NO2S/c1-4-5-11(3)12-6-7-15(13,14)9-10(2)8-12/h10-11H,4-9H2,1-3H3/t10-,11+/m1/s1. The van der Waals surface area contributed by atoms with Crippen molar-refractivity contribution in [2.24, 2.45) is 5.92 Å². The first-order valence-electron chi connectivity index (χ1n) is 5.89. The third kappa shape index (κ3) is 4.11. The van der Waals surface area contributed by atoms with Crippen LogP contribution in [0.15, 0.2) is 0 Å². The molecule has 0 aliphatic carbocycles. The zero-order valence-corrected chi connectivity index (χ0v) is 10.9. The van der Waals surface area contributed by atoms with E-state index in [1.807, 2.05) is 6.92 Å².